The molecule has 158 valence electrons. The zero-order chi connectivity index (χ0) is 21.7. The lowest BCUT2D eigenvalue weighted by Crippen LogP contribution is -2.44. The number of allylic oxidation sites excluding steroid dienone is 1. The van der Waals surface area contributed by atoms with Gasteiger partial charge in [-0.1, -0.05) is 31.2 Å². The van der Waals surface area contributed by atoms with Gasteiger partial charge in [0.15, 0.2) is 0 Å². The van der Waals surface area contributed by atoms with Crippen molar-refractivity contribution in [3.63, 3.8) is 0 Å². The Morgan fingerprint density at radius 2 is 1.87 bits per heavy atom. The smallest absolute Gasteiger partial charge is 0.335 e. The number of carbonyl (C=O) groups excluding carboxylic acids is 1. The van der Waals surface area contributed by atoms with E-state index in [-0.39, 0.29) is 11.6 Å². The van der Waals surface area contributed by atoms with E-state index in [9.17, 15) is 9.59 Å². The summed E-state index contributed by atoms with van der Waals surface area (Å²) < 4.78 is 5.85. The lowest BCUT2D eigenvalue weighted by atomic mass is 10.0. The third-order valence-corrected chi connectivity index (χ3v) is 5.42. The van der Waals surface area contributed by atoms with Crippen LogP contribution in [-0.2, 0) is 24.4 Å². The summed E-state index contributed by atoms with van der Waals surface area (Å²) in [5.41, 5.74) is 5.46. The Bertz CT molecular complexity index is 950. The molecule has 3 rings (SSSR count). The van der Waals surface area contributed by atoms with E-state index < -0.39 is 5.97 Å². The largest absolute Gasteiger partial charge is 0.478 e. The maximum absolute atomic E-state index is 12.8. The first-order valence-electron chi connectivity index (χ1n) is 10.1. The molecule has 0 saturated heterocycles. The highest BCUT2D eigenvalue weighted by atomic mass is 16.5. The van der Waals surface area contributed by atoms with Crippen LogP contribution in [0.3, 0.4) is 0 Å². The molecule has 0 atom stereocenters. The van der Waals surface area contributed by atoms with E-state index >= 15 is 0 Å². The molecular formula is C24H28N2O4. The summed E-state index contributed by atoms with van der Waals surface area (Å²) in [5.74, 6) is -0.959. The third-order valence-electron chi connectivity index (χ3n) is 5.42. The van der Waals surface area contributed by atoms with E-state index in [1.165, 1.54) is 5.57 Å². The minimum atomic E-state index is -0.959. The van der Waals surface area contributed by atoms with Crippen LogP contribution >= 0.6 is 0 Å². The Labute approximate surface area is 177 Å². The van der Waals surface area contributed by atoms with Crippen molar-refractivity contribution in [2.75, 3.05) is 18.6 Å². The van der Waals surface area contributed by atoms with E-state index in [0.717, 1.165) is 28.8 Å². The number of amides is 2. The number of hydrogen-bond acceptors (Lipinski definition) is 3. The van der Waals surface area contributed by atoms with E-state index in [1.807, 2.05) is 19.1 Å². The molecule has 2 aromatic carbocycles. The summed E-state index contributed by atoms with van der Waals surface area (Å²) in [4.78, 5) is 27.2. The Hall–Kier alpha value is -3.12. The molecule has 1 heterocycles. The molecule has 0 aliphatic carbocycles. The minimum Gasteiger partial charge on any atom is -0.478 e. The van der Waals surface area contributed by atoms with Crippen LogP contribution in [0.2, 0.25) is 0 Å². The summed E-state index contributed by atoms with van der Waals surface area (Å²) in [6.07, 6.45) is 3.07. The van der Waals surface area contributed by atoms with Gasteiger partial charge in [0.05, 0.1) is 24.5 Å². The number of hydrogen-bond donors (Lipinski definition) is 1. The second-order valence-electron chi connectivity index (χ2n) is 7.46. The lowest BCUT2D eigenvalue weighted by Gasteiger charge is -2.35. The highest BCUT2D eigenvalue weighted by Crippen LogP contribution is 2.29. The van der Waals surface area contributed by atoms with Crippen LogP contribution in [0.4, 0.5) is 10.5 Å². The van der Waals surface area contributed by atoms with Gasteiger partial charge in [-0.05, 0) is 59.9 Å². The monoisotopic (exact) mass is 408 g/mol. The molecule has 0 aromatic heterocycles. The Kier molecular flexibility index (Phi) is 6.90. The molecule has 2 aromatic rings. The predicted octanol–water partition coefficient (Wildman–Crippen LogP) is 4.83. The van der Waals surface area contributed by atoms with Gasteiger partial charge in [0.25, 0.3) is 0 Å². The summed E-state index contributed by atoms with van der Waals surface area (Å²) in [7, 11) is 1.77. The van der Waals surface area contributed by atoms with Gasteiger partial charge >= 0.3 is 12.0 Å². The number of nitrogens with zero attached hydrogens (tertiary/aromatic N) is 2. The molecule has 1 N–H and O–H groups in total. The van der Waals surface area contributed by atoms with Crippen molar-refractivity contribution in [2.24, 2.45) is 0 Å². The second kappa shape index (κ2) is 9.59. The van der Waals surface area contributed by atoms with Gasteiger partial charge in [0.2, 0.25) is 0 Å². The van der Waals surface area contributed by atoms with Crippen molar-refractivity contribution in [2.45, 2.75) is 40.0 Å². The highest BCUT2D eigenvalue weighted by Gasteiger charge is 2.27. The van der Waals surface area contributed by atoms with Gasteiger partial charge < -0.3 is 14.7 Å². The minimum absolute atomic E-state index is 0.0746. The standard InChI is InChI=1S/C24H28N2O4/c1-4-17(5-2)15-30-16-19-8-11-22-21(12-19)14-26(24(29)25(22)3)13-18-6-9-20(10-7-18)23(27)28/h4,6-12H,5,13-16H2,1-3H3,(H,27,28)/b17-4+. The molecule has 0 bridgehead atoms. The second-order valence-corrected chi connectivity index (χ2v) is 7.46. The van der Waals surface area contributed by atoms with Crippen molar-refractivity contribution >= 4 is 17.7 Å². The molecule has 0 saturated carbocycles. The normalized spacial score (nSPS) is 14.1. The average Bonchev–Trinajstić information content (AvgIpc) is 2.75. The van der Waals surface area contributed by atoms with E-state index in [0.29, 0.717) is 26.3 Å². The summed E-state index contributed by atoms with van der Waals surface area (Å²) >= 11 is 0. The number of fused-ring (bicyclic) bond motifs is 1. The summed E-state index contributed by atoms with van der Waals surface area (Å²) in [5, 5.41) is 9.04. The number of ether oxygens (including phenoxy) is 1. The zero-order valence-electron chi connectivity index (χ0n) is 17.7. The SMILES string of the molecule is C/C=C(\CC)COCc1ccc2c(c1)CN(Cc1ccc(C(=O)O)cc1)C(=O)N2C. The summed E-state index contributed by atoms with van der Waals surface area (Å²) in [6, 6.07) is 12.6. The average molecular weight is 408 g/mol. The van der Waals surface area contributed by atoms with Gasteiger partial charge in [-0.2, -0.15) is 0 Å². The third kappa shape index (κ3) is 4.89. The zero-order valence-corrected chi connectivity index (χ0v) is 17.7. The first-order valence-corrected chi connectivity index (χ1v) is 10.1. The molecule has 0 radical (unpaired) electrons. The highest BCUT2D eigenvalue weighted by molar-refractivity contribution is 5.94. The molecule has 6 nitrogen and oxygen atoms in total. The van der Waals surface area contributed by atoms with Crippen LogP contribution in [-0.4, -0.2) is 35.7 Å². The molecule has 2 amide bonds. The fraction of sp³-hybridized carbons (Fsp3) is 0.333. The number of aromatic carboxylic acids is 1. The van der Waals surface area contributed by atoms with Crippen LogP contribution in [0.25, 0.3) is 0 Å². The predicted molar refractivity (Wildman–Crippen MR) is 117 cm³/mol. The number of carboxylic acid groups (broad SMARTS) is 1. The van der Waals surface area contributed by atoms with Crippen LogP contribution in [0.15, 0.2) is 54.1 Å². The molecule has 6 heteroatoms. The van der Waals surface area contributed by atoms with Crippen molar-refractivity contribution in [3.8, 4) is 0 Å². The van der Waals surface area contributed by atoms with Gasteiger partial charge in [-0.15, -0.1) is 0 Å². The van der Waals surface area contributed by atoms with E-state index in [1.54, 1.807) is 41.1 Å². The number of rotatable bonds is 8. The Morgan fingerprint density at radius 3 is 2.50 bits per heavy atom. The van der Waals surface area contributed by atoms with E-state index in [4.69, 9.17) is 9.84 Å². The molecule has 0 spiro atoms. The van der Waals surface area contributed by atoms with Gasteiger partial charge in [-0.3, -0.25) is 4.90 Å². The fourth-order valence-electron chi connectivity index (χ4n) is 3.56. The number of carboxylic acids is 1. The molecule has 0 unspecified atom stereocenters. The van der Waals surface area contributed by atoms with Gasteiger partial charge in [0, 0.05) is 20.1 Å². The number of anilines is 1. The number of benzene rings is 2. The quantitative estimate of drug-likeness (QED) is 0.635. The first-order chi connectivity index (χ1) is 14.4. The van der Waals surface area contributed by atoms with Crippen LogP contribution in [0.5, 0.6) is 0 Å². The first kappa shape index (κ1) is 21.6. The van der Waals surface area contributed by atoms with Crippen molar-refractivity contribution in [3.05, 3.63) is 76.4 Å². The van der Waals surface area contributed by atoms with Crippen molar-refractivity contribution < 1.29 is 19.4 Å². The Balaban J connectivity index is 1.71. The maximum Gasteiger partial charge on any atom is 0.335 e. The van der Waals surface area contributed by atoms with Crippen LogP contribution in [0, 0.1) is 0 Å². The molecule has 1 aliphatic rings. The maximum atomic E-state index is 12.8. The molecule has 0 fully saturated rings. The fourth-order valence-corrected chi connectivity index (χ4v) is 3.56. The van der Waals surface area contributed by atoms with Gasteiger partial charge in [0.1, 0.15) is 0 Å². The van der Waals surface area contributed by atoms with Crippen molar-refractivity contribution in [1.29, 1.82) is 0 Å². The van der Waals surface area contributed by atoms with E-state index in [2.05, 4.69) is 19.1 Å². The molecular weight excluding hydrogens is 380 g/mol. The van der Waals surface area contributed by atoms with Crippen molar-refractivity contribution in [1.82, 2.24) is 4.90 Å². The lowest BCUT2D eigenvalue weighted by molar-refractivity contribution is 0.0696. The molecule has 30 heavy (non-hydrogen) atoms. The number of carbonyl (C=O) groups is 2. The topological polar surface area (TPSA) is 70.1 Å². The Morgan fingerprint density at radius 1 is 1.17 bits per heavy atom. The van der Waals surface area contributed by atoms with Gasteiger partial charge in [-0.25, -0.2) is 9.59 Å². The molecule has 1 aliphatic heterocycles. The van der Waals surface area contributed by atoms with Crippen LogP contribution < -0.4 is 4.90 Å². The van der Waals surface area contributed by atoms with Crippen LogP contribution in [0.1, 0.15) is 47.3 Å². The summed E-state index contributed by atoms with van der Waals surface area (Å²) in [6.45, 7) is 6.22. The number of urea groups is 1.